The Bertz CT molecular complexity index is 709. The van der Waals surface area contributed by atoms with E-state index < -0.39 is 0 Å². The summed E-state index contributed by atoms with van der Waals surface area (Å²) in [6, 6.07) is 6.45. The fraction of sp³-hybridized carbons (Fsp3) is 0.588. The first-order valence-corrected chi connectivity index (χ1v) is 8.58. The number of aromatic nitrogens is 4. The first-order valence-electron chi connectivity index (χ1n) is 8.58. The van der Waals surface area contributed by atoms with Gasteiger partial charge in [-0.1, -0.05) is 25.3 Å². The molecule has 2 heterocycles. The maximum absolute atomic E-state index is 5.53. The summed E-state index contributed by atoms with van der Waals surface area (Å²) >= 11 is 0. The number of fused-ring (bicyclic) bond motifs is 1. The molecule has 24 heavy (non-hydrogen) atoms. The van der Waals surface area contributed by atoms with Gasteiger partial charge in [-0.25, -0.2) is 4.68 Å². The van der Waals surface area contributed by atoms with Crippen LogP contribution in [0.2, 0.25) is 0 Å². The van der Waals surface area contributed by atoms with Crippen molar-refractivity contribution in [2.45, 2.75) is 44.2 Å². The predicted molar refractivity (Wildman–Crippen MR) is 88.0 cm³/mol. The molecular formula is C17H23N5O2. The molecule has 4 rings (SSSR count). The van der Waals surface area contributed by atoms with E-state index in [4.69, 9.17) is 9.47 Å². The highest BCUT2D eigenvalue weighted by molar-refractivity contribution is 5.46. The van der Waals surface area contributed by atoms with Crippen LogP contribution in [-0.2, 0) is 0 Å². The zero-order valence-corrected chi connectivity index (χ0v) is 14.2. The Morgan fingerprint density at radius 2 is 1.92 bits per heavy atom. The molecule has 0 N–H and O–H groups in total. The highest BCUT2D eigenvalue weighted by Crippen LogP contribution is 2.37. The highest BCUT2D eigenvalue weighted by atomic mass is 16.7. The molecule has 0 saturated heterocycles. The Balaban J connectivity index is 1.70. The molecule has 128 valence electrons. The Labute approximate surface area is 141 Å². The van der Waals surface area contributed by atoms with E-state index in [-0.39, 0.29) is 12.8 Å². The molecule has 1 aliphatic heterocycles. The van der Waals surface area contributed by atoms with Crippen molar-refractivity contribution in [2.24, 2.45) is 0 Å². The molecule has 2 aliphatic rings. The topological polar surface area (TPSA) is 65.3 Å². The Hall–Kier alpha value is -2.15. The summed E-state index contributed by atoms with van der Waals surface area (Å²) in [5.41, 5.74) is 1.11. The van der Waals surface area contributed by atoms with E-state index in [2.05, 4.69) is 40.6 Å². The van der Waals surface area contributed by atoms with Gasteiger partial charge in [0.2, 0.25) is 6.79 Å². The number of hydrogen-bond donors (Lipinski definition) is 0. The Morgan fingerprint density at radius 3 is 2.71 bits per heavy atom. The number of nitrogens with zero attached hydrogens (tertiary/aromatic N) is 5. The molecule has 1 aromatic heterocycles. The minimum absolute atomic E-state index is 0.0172. The van der Waals surface area contributed by atoms with Crippen molar-refractivity contribution in [3.05, 3.63) is 29.6 Å². The standard InChI is InChI=1S/C17H23N5O2/c1-21(2)16(12-8-9-14-15(10-12)24-11-23-14)17-18-19-20-22(17)13-6-4-3-5-7-13/h8-10,13,16H,3-7,11H2,1-2H3. The average molecular weight is 329 g/mol. The maximum Gasteiger partial charge on any atom is 0.231 e. The number of ether oxygens (including phenoxy) is 2. The minimum atomic E-state index is -0.0172. The molecule has 7 nitrogen and oxygen atoms in total. The largest absolute Gasteiger partial charge is 0.454 e. The van der Waals surface area contributed by atoms with E-state index in [0.717, 1.165) is 35.7 Å². The van der Waals surface area contributed by atoms with Crippen molar-refractivity contribution in [1.82, 2.24) is 25.1 Å². The number of hydrogen-bond acceptors (Lipinski definition) is 6. The van der Waals surface area contributed by atoms with Gasteiger partial charge in [-0.15, -0.1) is 5.10 Å². The van der Waals surface area contributed by atoms with Gasteiger partial charge >= 0.3 is 0 Å². The van der Waals surface area contributed by atoms with Crippen LogP contribution >= 0.6 is 0 Å². The predicted octanol–water partition coefficient (Wildman–Crippen LogP) is 2.56. The third kappa shape index (κ3) is 2.73. The fourth-order valence-corrected chi connectivity index (χ4v) is 3.73. The zero-order valence-electron chi connectivity index (χ0n) is 14.2. The van der Waals surface area contributed by atoms with Crippen molar-refractivity contribution in [3.63, 3.8) is 0 Å². The normalized spacial score (nSPS) is 19.0. The van der Waals surface area contributed by atoms with Crippen molar-refractivity contribution in [1.29, 1.82) is 0 Å². The molecule has 2 aromatic rings. The fourth-order valence-electron chi connectivity index (χ4n) is 3.73. The third-order valence-electron chi connectivity index (χ3n) is 4.91. The summed E-state index contributed by atoms with van der Waals surface area (Å²) < 4.78 is 13.0. The van der Waals surface area contributed by atoms with Crippen LogP contribution in [0.1, 0.15) is 55.6 Å². The molecule has 0 radical (unpaired) electrons. The molecule has 0 spiro atoms. The van der Waals surface area contributed by atoms with E-state index in [1.165, 1.54) is 19.3 Å². The molecule has 0 amide bonds. The molecule has 7 heteroatoms. The van der Waals surface area contributed by atoms with Crippen LogP contribution in [0.4, 0.5) is 0 Å². The second-order valence-electron chi connectivity index (χ2n) is 6.75. The van der Waals surface area contributed by atoms with Gasteiger partial charge in [-0.3, -0.25) is 4.90 Å². The smallest absolute Gasteiger partial charge is 0.231 e. The van der Waals surface area contributed by atoms with Gasteiger partial charge in [0.15, 0.2) is 17.3 Å². The quantitative estimate of drug-likeness (QED) is 0.859. The molecule has 1 atom stereocenters. The molecule has 1 aliphatic carbocycles. The minimum Gasteiger partial charge on any atom is -0.454 e. The second kappa shape index (κ2) is 6.39. The molecule has 1 fully saturated rings. The average Bonchev–Trinajstić information content (AvgIpc) is 3.24. The van der Waals surface area contributed by atoms with Gasteiger partial charge in [0.05, 0.1) is 12.1 Å². The van der Waals surface area contributed by atoms with Crippen LogP contribution in [0.5, 0.6) is 11.5 Å². The first kappa shape index (κ1) is 15.4. The van der Waals surface area contributed by atoms with Crippen molar-refractivity contribution >= 4 is 0 Å². The SMILES string of the molecule is CN(C)C(c1ccc2c(c1)OCO2)c1nnnn1C1CCCCC1. The lowest BCUT2D eigenvalue weighted by Crippen LogP contribution is -2.27. The van der Waals surface area contributed by atoms with Gasteiger partial charge < -0.3 is 9.47 Å². The summed E-state index contributed by atoms with van der Waals surface area (Å²) in [5, 5.41) is 12.7. The number of rotatable bonds is 4. The lowest BCUT2D eigenvalue weighted by atomic mass is 9.95. The van der Waals surface area contributed by atoms with Crippen LogP contribution < -0.4 is 9.47 Å². The van der Waals surface area contributed by atoms with Crippen molar-refractivity contribution in [3.8, 4) is 11.5 Å². The van der Waals surface area contributed by atoms with Gasteiger partial charge in [-0.2, -0.15) is 0 Å². The second-order valence-corrected chi connectivity index (χ2v) is 6.75. The van der Waals surface area contributed by atoms with Crippen LogP contribution in [0.3, 0.4) is 0 Å². The summed E-state index contributed by atoms with van der Waals surface area (Å²) in [4.78, 5) is 2.14. The van der Waals surface area contributed by atoms with Gasteiger partial charge in [-0.05, 0) is 55.1 Å². The molecule has 1 saturated carbocycles. The first-order chi connectivity index (χ1) is 11.7. The van der Waals surface area contributed by atoms with Crippen LogP contribution in [0.25, 0.3) is 0 Å². The van der Waals surface area contributed by atoms with Gasteiger partial charge in [0, 0.05) is 0 Å². The van der Waals surface area contributed by atoms with Crippen molar-refractivity contribution < 1.29 is 9.47 Å². The summed E-state index contributed by atoms with van der Waals surface area (Å²) in [6.45, 7) is 0.283. The third-order valence-corrected chi connectivity index (χ3v) is 4.91. The van der Waals surface area contributed by atoms with E-state index in [1.54, 1.807) is 0 Å². The summed E-state index contributed by atoms with van der Waals surface area (Å²) in [6.07, 6.45) is 6.12. The van der Waals surface area contributed by atoms with Crippen LogP contribution in [-0.4, -0.2) is 46.0 Å². The van der Waals surface area contributed by atoms with Crippen molar-refractivity contribution in [2.75, 3.05) is 20.9 Å². The highest BCUT2D eigenvalue weighted by Gasteiger charge is 2.29. The van der Waals surface area contributed by atoms with Crippen LogP contribution in [0, 0.1) is 0 Å². The monoisotopic (exact) mass is 329 g/mol. The zero-order chi connectivity index (χ0) is 16.5. The number of tetrazole rings is 1. The summed E-state index contributed by atoms with van der Waals surface area (Å²) in [7, 11) is 4.10. The molecular weight excluding hydrogens is 306 g/mol. The Morgan fingerprint density at radius 1 is 1.12 bits per heavy atom. The maximum atomic E-state index is 5.53. The van der Waals surface area contributed by atoms with E-state index >= 15 is 0 Å². The van der Waals surface area contributed by atoms with Crippen LogP contribution in [0.15, 0.2) is 18.2 Å². The lowest BCUT2D eigenvalue weighted by molar-refractivity contribution is 0.174. The molecule has 0 bridgehead atoms. The van der Waals surface area contributed by atoms with E-state index in [1.807, 2.05) is 16.8 Å². The van der Waals surface area contributed by atoms with Gasteiger partial charge in [0.25, 0.3) is 0 Å². The number of benzene rings is 1. The van der Waals surface area contributed by atoms with E-state index in [9.17, 15) is 0 Å². The van der Waals surface area contributed by atoms with E-state index in [0.29, 0.717) is 6.04 Å². The lowest BCUT2D eigenvalue weighted by Gasteiger charge is -2.28. The van der Waals surface area contributed by atoms with Gasteiger partial charge in [0.1, 0.15) is 0 Å². The Kier molecular flexibility index (Phi) is 4.10. The molecule has 1 aromatic carbocycles. The molecule has 1 unspecified atom stereocenters. The summed E-state index contributed by atoms with van der Waals surface area (Å²) in [5.74, 6) is 2.48.